The van der Waals surface area contributed by atoms with Gasteiger partial charge in [-0.2, -0.15) is 15.8 Å². The zero-order valence-corrected chi connectivity index (χ0v) is 16.2. The highest BCUT2D eigenvalue weighted by Crippen LogP contribution is 2.52. The maximum atomic E-state index is 10.0. The third kappa shape index (κ3) is 2.95. The monoisotopic (exact) mass is 374 g/mol. The van der Waals surface area contributed by atoms with Gasteiger partial charge in [0.25, 0.3) is 0 Å². The van der Waals surface area contributed by atoms with Crippen LogP contribution in [-0.2, 0) is 0 Å². The molecule has 1 aromatic rings. The number of nitrogens with one attached hydrogen (secondary N) is 2. The molecule has 1 aliphatic heterocycles. The van der Waals surface area contributed by atoms with Gasteiger partial charge in [-0.1, -0.05) is 12.1 Å². The average molecular weight is 374 g/mol. The van der Waals surface area contributed by atoms with E-state index in [0.717, 1.165) is 36.5 Å². The number of nitriles is 3. The lowest BCUT2D eigenvalue weighted by molar-refractivity contribution is -0.897. The first-order valence-electron chi connectivity index (χ1n) is 9.63. The zero-order chi connectivity index (χ0) is 20.3. The summed E-state index contributed by atoms with van der Waals surface area (Å²) in [5.41, 5.74) is -0.0156. The van der Waals surface area contributed by atoms with E-state index in [9.17, 15) is 15.8 Å². The minimum Gasteiger partial charge on any atom is -0.494 e. The van der Waals surface area contributed by atoms with Crippen LogP contribution in [0.25, 0.3) is 0 Å². The molecule has 4 atom stereocenters. The van der Waals surface area contributed by atoms with Crippen LogP contribution in [-0.4, -0.2) is 32.0 Å². The molecule has 6 heteroatoms. The first-order chi connectivity index (χ1) is 13.6. The summed E-state index contributed by atoms with van der Waals surface area (Å²) in [5, 5.41) is 38.4. The second-order valence-corrected chi connectivity index (χ2v) is 7.31. The van der Waals surface area contributed by atoms with E-state index in [1.54, 1.807) is 0 Å². The summed E-state index contributed by atoms with van der Waals surface area (Å²) in [6.07, 6.45) is 2.05. The van der Waals surface area contributed by atoms with Crippen LogP contribution >= 0.6 is 0 Å². The van der Waals surface area contributed by atoms with E-state index in [2.05, 4.69) is 31.2 Å². The SMILES string of the molecule is CCOc1ccc([C@@H]2[C@@H]3C[NH+](CC)CC=C3C(C#N)C(=N)C2(C#N)C#N)cc1. The standard InChI is InChI=1S/C22H23N5O/c1-3-27-10-9-17-18(11-23)21(26)22(13-24,14-25)20(19(17)12-27)15-5-7-16(8-6-15)28-4-2/h5-9,18-20,26H,3-4,10,12H2,1-2H3/p+1/t18?,19-,20-/m1/s1. The van der Waals surface area contributed by atoms with Gasteiger partial charge in [-0.25, -0.2) is 0 Å². The molecule has 0 radical (unpaired) electrons. The molecule has 1 fully saturated rings. The largest absolute Gasteiger partial charge is 0.494 e. The molecular weight excluding hydrogens is 350 g/mol. The van der Waals surface area contributed by atoms with E-state index < -0.39 is 17.3 Å². The van der Waals surface area contributed by atoms with Crippen molar-refractivity contribution in [1.82, 2.24) is 0 Å². The van der Waals surface area contributed by atoms with Crippen molar-refractivity contribution >= 4 is 5.71 Å². The quantitative estimate of drug-likeness (QED) is 0.784. The number of quaternary nitrogens is 1. The number of nitrogens with zero attached hydrogens (tertiary/aromatic N) is 3. The van der Waals surface area contributed by atoms with E-state index in [1.807, 2.05) is 31.2 Å². The molecule has 1 aromatic carbocycles. The summed E-state index contributed by atoms with van der Waals surface area (Å²) in [6, 6.07) is 13.9. The molecule has 1 heterocycles. The van der Waals surface area contributed by atoms with Crippen molar-refractivity contribution in [2.24, 2.45) is 17.3 Å². The lowest BCUT2D eigenvalue weighted by Gasteiger charge is -2.46. The molecule has 0 amide bonds. The summed E-state index contributed by atoms with van der Waals surface area (Å²) in [7, 11) is 0. The summed E-state index contributed by atoms with van der Waals surface area (Å²) < 4.78 is 5.52. The number of likely N-dealkylation sites (N-methyl/N-ethyl adjacent to an activating group) is 1. The second-order valence-electron chi connectivity index (χ2n) is 7.31. The number of benzene rings is 1. The minimum absolute atomic E-state index is 0.0960. The smallest absolute Gasteiger partial charge is 0.189 e. The maximum Gasteiger partial charge on any atom is 0.189 e. The second kappa shape index (κ2) is 7.85. The van der Waals surface area contributed by atoms with Crippen molar-refractivity contribution in [1.29, 1.82) is 21.2 Å². The Labute approximate surface area is 165 Å². The molecule has 0 spiro atoms. The van der Waals surface area contributed by atoms with E-state index in [1.165, 1.54) is 4.90 Å². The fourth-order valence-electron chi connectivity index (χ4n) is 4.56. The molecule has 3 rings (SSSR count). The van der Waals surface area contributed by atoms with Gasteiger partial charge in [-0.15, -0.1) is 0 Å². The number of fused-ring (bicyclic) bond motifs is 1. The Kier molecular flexibility index (Phi) is 5.50. The normalized spacial score (nSPS) is 28.1. The van der Waals surface area contributed by atoms with Crippen LogP contribution in [0.5, 0.6) is 5.75 Å². The highest BCUT2D eigenvalue weighted by Gasteiger charge is 2.58. The van der Waals surface area contributed by atoms with Crippen LogP contribution in [0.15, 0.2) is 35.9 Å². The van der Waals surface area contributed by atoms with Crippen molar-refractivity contribution < 1.29 is 9.64 Å². The highest BCUT2D eigenvalue weighted by atomic mass is 16.5. The van der Waals surface area contributed by atoms with Crippen LogP contribution in [0.3, 0.4) is 0 Å². The van der Waals surface area contributed by atoms with Gasteiger partial charge >= 0.3 is 0 Å². The minimum atomic E-state index is -1.65. The van der Waals surface area contributed by atoms with Gasteiger partial charge < -0.3 is 15.0 Å². The van der Waals surface area contributed by atoms with Gasteiger partial charge in [0, 0.05) is 11.8 Å². The van der Waals surface area contributed by atoms with Crippen molar-refractivity contribution in [3.8, 4) is 24.0 Å². The van der Waals surface area contributed by atoms with Crippen LogP contribution in [0.1, 0.15) is 25.3 Å². The van der Waals surface area contributed by atoms with Gasteiger partial charge in [0.05, 0.1) is 50.2 Å². The Morgan fingerprint density at radius 2 is 1.86 bits per heavy atom. The number of hydrogen-bond donors (Lipinski definition) is 2. The van der Waals surface area contributed by atoms with Crippen LogP contribution in [0.4, 0.5) is 0 Å². The summed E-state index contributed by atoms with van der Waals surface area (Å²) in [4.78, 5) is 1.35. The Balaban J connectivity index is 2.17. The van der Waals surface area contributed by atoms with Gasteiger partial charge in [0.2, 0.25) is 0 Å². The Bertz CT molecular complexity index is 898. The molecule has 2 unspecified atom stereocenters. The first kappa shape index (κ1) is 19.6. The summed E-state index contributed by atoms with van der Waals surface area (Å²) in [6.45, 7) is 7.05. The van der Waals surface area contributed by atoms with Crippen LogP contribution in [0, 0.1) is 56.7 Å². The molecule has 1 aliphatic carbocycles. The zero-order valence-electron chi connectivity index (χ0n) is 16.2. The molecule has 2 aliphatic rings. The molecule has 6 nitrogen and oxygen atoms in total. The number of rotatable bonds is 4. The van der Waals surface area contributed by atoms with Crippen molar-refractivity contribution in [2.45, 2.75) is 19.8 Å². The lowest BCUT2D eigenvalue weighted by atomic mass is 9.54. The van der Waals surface area contributed by atoms with Crippen LogP contribution in [0.2, 0.25) is 0 Å². The summed E-state index contributed by atoms with van der Waals surface area (Å²) in [5.74, 6) is -0.684. The van der Waals surface area contributed by atoms with E-state index in [4.69, 9.17) is 10.1 Å². The fourth-order valence-corrected chi connectivity index (χ4v) is 4.56. The third-order valence-corrected chi connectivity index (χ3v) is 6.01. The predicted molar refractivity (Wildman–Crippen MR) is 104 cm³/mol. The van der Waals surface area contributed by atoms with Crippen molar-refractivity contribution in [3.05, 3.63) is 41.5 Å². The topological polar surface area (TPSA) is 109 Å². The summed E-state index contributed by atoms with van der Waals surface area (Å²) >= 11 is 0. The van der Waals surface area contributed by atoms with E-state index >= 15 is 0 Å². The lowest BCUT2D eigenvalue weighted by Crippen LogP contribution is -3.13. The average Bonchev–Trinajstić information content (AvgIpc) is 2.73. The van der Waals surface area contributed by atoms with E-state index in [0.29, 0.717) is 6.61 Å². The van der Waals surface area contributed by atoms with Crippen molar-refractivity contribution in [3.63, 3.8) is 0 Å². The Morgan fingerprint density at radius 3 is 2.39 bits per heavy atom. The molecule has 0 bridgehead atoms. The van der Waals surface area contributed by atoms with Gasteiger partial charge in [-0.05, 0) is 43.2 Å². The number of hydrogen-bond acceptors (Lipinski definition) is 5. The molecule has 142 valence electrons. The highest BCUT2D eigenvalue weighted by molar-refractivity contribution is 6.00. The number of ether oxygens (including phenoxy) is 1. The molecule has 1 saturated carbocycles. The molecule has 0 aromatic heterocycles. The molecule has 2 N–H and O–H groups in total. The Hall–Kier alpha value is -3.14. The first-order valence-corrected chi connectivity index (χ1v) is 9.63. The Morgan fingerprint density at radius 1 is 1.18 bits per heavy atom. The molecular formula is C22H24N5O+. The molecule has 0 saturated heterocycles. The van der Waals surface area contributed by atoms with Crippen LogP contribution < -0.4 is 9.64 Å². The maximum absolute atomic E-state index is 10.0. The van der Waals surface area contributed by atoms with E-state index in [-0.39, 0.29) is 11.6 Å². The van der Waals surface area contributed by atoms with Gasteiger partial charge in [0.1, 0.15) is 11.7 Å². The molecule has 28 heavy (non-hydrogen) atoms. The van der Waals surface area contributed by atoms with Gasteiger partial charge in [0.15, 0.2) is 5.41 Å². The van der Waals surface area contributed by atoms with Crippen molar-refractivity contribution in [2.75, 3.05) is 26.2 Å². The third-order valence-electron chi connectivity index (χ3n) is 6.01. The fraction of sp³-hybridized carbons (Fsp3) is 0.455. The van der Waals surface area contributed by atoms with Gasteiger partial charge in [-0.3, -0.25) is 0 Å². The predicted octanol–water partition coefficient (Wildman–Crippen LogP) is 1.84.